The van der Waals surface area contributed by atoms with Gasteiger partial charge in [-0.25, -0.2) is 14.2 Å². The van der Waals surface area contributed by atoms with Crippen LogP contribution in [0.3, 0.4) is 0 Å². The van der Waals surface area contributed by atoms with Crippen LogP contribution in [0.15, 0.2) is 23.6 Å². The van der Waals surface area contributed by atoms with E-state index in [0.717, 1.165) is 16.8 Å². The van der Waals surface area contributed by atoms with Crippen molar-refractivity contribution >= 4 is 23.2 Å². The Morgan fingerprint density at radius 3 is 2.58 bits per heavy atom. The van der Waals surface area contributed by atoms with E-state index < -0.39 is 17.7 Å². The summed E-state index contributed by atoms with van der Waals surface area (Å²) in [4.78, 5) is 27.3. The molecule has 0 bridgehead atoms. The maximum Gasteiger partial charge on any atom is 0.335 e. The first kappa shape index (κ1) is 18.1. The van der Waals surface area contributed by atoms with E-state index in [1.807, 2.05) is 5.38 Å². The number of rotatable bonds is 5. The van der Waals surface area contributed by atoms with Gasteiger partial charge < -0.3 is 10.4 Å². The van der Waals surface area contributed by atoms with Gasteiger partial charge in [0.2, 0.25) is 0 Å². The minimum absolute atomic E-state index is 0.0208. The predicted octanol–water partition coefficient (Wildman–Crippen LogP) is 3.25. The lowest BCUT2D eigenvalue weighted by atomic mass is 9.93. The number of aromatic carboxylic acids is 1. The van der Waals surface area contributed by atoms with E-state index in [9.17, 15) is 14.0 Å². The summed E-state index contributed by atoms with van der Waals surface area (Å²) in [5, 5.41) is 14.3. The standard InChI is InChI=1S/C17H19FN2O3S/c1-17(2,3)13-9-24-14(20-13)6-7-19-15(21)11-5-4-10(16(22)23)8-12(11)18/h4-5,8-9H,6-7H2,1-3H3,(H,19,21)(H,22,23). The molecule has 1 aromatic heterocycles. The number of amides is 1. The van der Waals surface area contributed by atoms with Gasteiger partial charge in [0.05, 0.1) is 21.8 Å². The maximum atomic E-state index is 13.8. The number of hydrogen-bond donors (Lipinski definition) is 2. The molecule has 2 aromatic rings. The number of halogens is 1. The van der Waals surface area contributed by atoms with E-state index in [1.165, 1.54) is 23.5 Å². The molecule has 0 saturated carbocycles. The number of nitrogens with one attached hydrogen (secondary N) is 1. The van der Waals surface area contributed by atoms with E-state index >= 15 is 0 Å². The molecule has 5 nitrogen and oxygen atoms in total. The van der Waals surface area contributed by atoms with Crippen molar-refractivity contribution in [2.75, 3.05) is 6.54 Å². The number of benzene rings is 1. The van der Waals surface area contributed by atoms with Crippen LogP contribution in [-0.4, -0.2) is 28.5 Å². The van der Waals surface area contributed by atoms with Crippen LogP contribution < -0.4 is 5.32 Å². The fourth-order valence-corrected chi connectivity index (χ4v) is 3.01. The summed E-state index contributed by atoms with van der Waals surface area (Å²) in [6.45, 7) is 6.57. The van der Waals surface area contributed by atoms with Crippen LogP contribution in [0, 0.1) is 5.82 Å². The average Bonchev–Trinajstić information content (AvgIpc) is 2.95. The molecule has 1 amide bonds. The first-order valence-electron chi connectivity index (χ1n) is 7.44. The molecule has 7 heteroatoms. The van der Waals surface area contributed by atoms with Crippen molar-refractivity contribution in [1.29, 1.82) is 0 Å². The minimum atomic E-state index is -1.24. The van der Waals surface area contributed by atoms with Crippen LogP contribution in [0.4, 0.5) is 4.39 Å². The molecular formula is C17H19FN2O3S. The SMILES string of the molecule is CC(C)(C)c1csc(CCNC(=O)c2ccc(C(=O)O)cc2F)n1. The third-order valence-electron chi connectivity index (χ3n) is 3.41. The van der Waals surface area contributed by atoms with Crippen molar-refractivity contribution in [1.82, 2.24) is 10.3 Å². The molecule has 2 rings (SSSR count). The quantitative estimate of drug-likeness (QED) is 0.867. The van der Waals surface area contributed by atoms with E-state index in [4.69, 9.17) is 5.11 Å². The molecule has 1 heterocycles. The number of carbonyl (C=O) groups excluding carboxylic acids is 1. The van der Waals surface area contributed by atoms with Crippen molar-refractivity contribution in [2.45, 2.75) is 32.6 Å². The molecule has 0 atom stereocenters. The molecule has 0 aliphatic rings. The second-order valence-corrected chi connectivity index (χ2v) is 7.32. The van der Waals surface area contributed by atoms with Crippen molar-refractivity contribution in [2.24, 2.45) is 0 Å². The van der Waals surface area contributed by atoms with Crippen molar-refractivity contribution < 1.29 is 19.1 Å². The summed E-state index contributed by atoms with van der Waals surface area (Å²) >= 11 is 1.53. The van der Waals surface area contributed by atoms with Gasteiger partial charge in [0, 0.05) is 23.8 Å². The second-order valence-electron chi connectivity index (χ2n) is 6.38. The smallest absolute Gasteiger partial charge is 0.335 e. The molecule has 0 aliphatic heterocycles. The zero-order chi connectivity index (χ0) is 17.9. The highest BCUT2D eigenvalue weighted by molar-refractivity contribution is 7.09. The van der Waals surface area contributed by atoms with E-state index in [1.54, 1.807) is 0 Å². The number of aromatic nitrogens is 1. The fraction of sp³-hybridized carbons (Fsp3) is 0.353. The predicted molar refractivity (Wildman–Crippen MR) is 90.2 cm³/mol. The Balaban J connectivity index is 1.94. The van der Waals surface area contributed by atoms with Crippen LogP contribution in [0.5, 0.6) is 0 Å². The Labute approximate surface area is 143 Å². The van der Waals surface area contributed by atoms with Crippen molar-refractivity contribution in [3.05, 3.63) is 51.2 Å². The Kier molecular flexibility index (Phi) is 5.33. The molecule has 1 aromatic carbocycles. The monoisotopic (exact) mass is 350 g/mol. The van der Waals surface area contributed by atoms with Gasteiger partial charge in [-0.3, -0.25) is 4.79 Å². The van der Waals surface area contributed by atoms with E-state index in [2.05, 4.69) is 31.1 Å². The van der Waals surface area contributed by atoms with Crippen molar-refractivity contribution in [3.8, 4) is 0 Å². The number of thiazole rings is 1. The van der Waals surface area contributed by atoms with Gasteiger partial charge in [-0.15, -0.1) is 11.3 Å². The lowest BCUT2D eigenvalue weighted by Gasteiger charge is -2.14. The topological polar surface area (TPSA) is 79.3 Å². The van der Waals surface area contributed by atoms with Gasteiger partial charge in [0.15, 0.2) is 0 Å². The third-order valence-corrected chi connectivity index (χ3v) is 4.31. The van der Waals surface area contributed by atoms with E-state index in [-0.39, 0.29) is 16.5 Å². The molecule has 0 unspecified atom stereocenters. The molecule has 24 heavy (non-hydrogen) atoms. The van der Waals surface area contributed by atoms with Gasteiger partial charge in [0.25, 0.3) is 5.91 Å². The summed E-state index contributed by atoms with van der Waals surface area (Å²) in [5.41, 5.74) is 0.618. The molecule has 0 fully saturated rings. The van der Waals surface area contributed by atoms with Crippen LogP contribution in [0.2, 0.25) is 0 Å². The largest absolute Gasteiger partial charge is 0.478 e. The third kappa shape index (κ3) is 4.38. The summed E-state index contributed by atoms with van der Waals surface area (Å²) in [6.07, 6.45) is 0.557. The number of carbonyl (C=O) groups is 2. The fourth-order valence-electron chi connectivity index (χ4n) is 1.98. The van der Waals surface area contributed by atoms with Gasteiger partial charge >= 0.3 is 5.97 Å². The number of nitrogens with zero attached hydrogens (tertiary/aromatic N) is 1. The van der Waals surface area contributed by atoms with Gasteiger partial charge in [-0.1, -0.05) is 20.8 Å². The molecule has 128 valence electrons. The van der Waals surface area contributed by atoms with Crippen LogP contribution in [-0.2, 0) is 11.8 Å². The summed E-state index contributed by atoms with van der Waals surface area (Å²) in [5.74, 6) is -2.66. The molecular weight excluding hydrogens is 331 g/mol. The van der Waals surface area contributed by atoms with E-state index in [0.29, 0.717) is 13.0 Å². The molecule has 0 radical (unpaired) electrons. The first-order valence-corrected chi connectivity index (χ1v) is 8.32. The normalized spacial score (nSPS) is 11.3. The number of hydrogen-bond acceptors (Lipinski definition) is 4. The van der Waals surface area contributed by atoms with Crippen LogP contribution in [0.25, 0.3) is 0 Å². The zero-order valence-corrected chi connectivity index (χ0v) is 14.5. The van der Waals surface area contributed by atoms with Gasteiger partial charge in [0.1, 0.15) is 5.82 Å². The second kappa shape index (κ2) is 7.09. The first-order chi connectivity index (χ1) is 11.2. The summed E-state index contributed by atoms with van der Waals surface area (Å²) in [7, 11) is 0. The molecule has 0 saturated heterocycles. The highest BCUT2D eigenvalue weighted by atomic mass is 32.1. The zero-order valence-electron chi connectivity index (χ0n) is 13.7. The van der Waals surface area contributed by atoms with Crippen molar-refractivity contribution in [3.63, 3.8) is 0 Å². The van der Waals surface area contributed by atoms with Crippen LogP contribution >= 0.6 is 11.3 Å². The lowest BCUT2D eigenvalue weighted by Crippen LogP contribution is -2.26. The highest BCUT2D eigenvalue weighted by Crippen LogP contribution is 2.23. The Bertz CT molecular complexity index is 765. The highest BCUT2D eigenvalue weighted by Gasteiger charge is 2.18. The van der Waals surface area contributed by atoms with Gasteiger partial charge in [-0.2, -0.15) is 0 Å². The summed E-state index contributed by atoms with van der Waals surface area (Å²) < 4.78 is 13.8. The average molecular weight is 350 g/mol. The molecule has 0 spiro atoms. The maximum absolute atomic E-state index is 13.8. The minimum Gasteiger partial charge on any atom is -0.478 e. The van der Waals surface area contributed by atoms with Crippen LogP contribution in [0.1, 0.15) is 52.2 Å². The molecule has 0 aliphatic carbocycles. The number of carboxylic acid groups (broad SMARTS) is 1. The Hall–Kier alpha value is -2.28. The molecule has 2 N–H and O–H groups in total. The Morgan fingerprint density at radius 2 is 2.04 bits per heavy atom. The summed E-state index contributed by atoms with van der Waals surface area (Å²) in [6, 6.07) is 3.22. The number of carboxylic acids is 1. The van der Waals surface area contributed by atoms with Gasteiger partial charge in [-0.05, 0) is 18.2 Å². The lowest BCUT2D eigenvalue weighted by molar-refractivity contribution is 0.0695. The Morgan fingerprint density at radius 1 is 1.33 bits per heavy atom.